The summed E-state index contributed by atoms with van der Waals surface area (Å²) in [6.45, 7) is 6.27. The second-order valence-electron chi connectivity index (χ2n) is 1.58. The standard InChI is InChI=1S/C7H12O4/c1-3-9-5-6-11-7(8)10-4-2/h4H,2-3,5-6H2,1H3. The highest BCUT2D eigenvalue weighted by Gasteiger charge is 1.98. The molecule has 0 fully saturated rings. The molecule has 0 saturated carbocycles. The Morgan fingerprint density at radius 2 is 2.27 bits per heavy atom. The lowest BCUT2D eigenvalue weighted by Gasteiger charge is -2.01. The average molecular weight is 160 g/mol. The molecule has 4 nitrogen and oxygen atoms in total. The van der Waals surface area contributed by atoms with Gasteiger partial charge in [0.1, 0.15) is 6.61 Å². The zero-order valence-corrected chi connectivity index (χ0v) is 6.54. The lowest BCUT2D eigenvalue weighted by atomic mass is 10.7. The smallest absolute Gasteiger partial charge is 0.432 e. The second-order valence-corrected chi connectivity index (χ2v) is 1.58. The van der Waals surface area contributed by atoms with Gasteiger partial charge in [0.25, 0.3) is 0 Å². The fourth-order valence-electron chi connectivity index (χ4n) is 0.430. The largest absolute Gasteiger partial charge is 0.513 e. The van der Waals surface area contributed by atoms with Gasteiger partial charge in [0.15, 0.2) is 0 Å². The molecule has 0 aromatic heterocycles. The summed E-state index contributed by atoms with van der Waals surface area (Å²) in [6, 6.07) is 0. The molecule has 0 aliphatic rings. The fourth-order valence-corrected chi connectivity index (χ4v) is 0.430. The van der Waals surface area contributed by atoms with Crippen molar-refractivity contribution in [3.05, 3.63) is 12.8 Å². The highest BCUT2D eigenvalue weighted by molar-refractivity contribution is 5.60. The molecule has 0 saturated heterocycles. The molecule has 0 radical (unpaired) electrons. The molecule has 0 unspecified atom stereocenters. The van der Waals surface area contributed by atoms with E-state index in [1.165, 1.54) is 0 Å². The van der Waals surface area contributed by atoms with E-state index >= 15 is 0 Å². The van der Waals surface area contributed by atoms with Crippen LogP contribution in [0.4, 0.5) is 4.79 Å². The summed E-state index contributed by atoms with van der Waals surface area (Å²) < 4.78 is 13.7. The van der Waals surface area contributed by atoms with Crippen LogP contribution in [0.5, 0.6) is 0 Å². The Labute approximate surface area is 65.7 Å². The summed E-state index contributed by atoms with van der Waals surface area (Å²) in [5.74, 6) is 0. The van der Waals surface area contributed by atoms with E-state index in [1.807, 2.05) is 6.92 Å². The highest BCUT2D eigenvalue weighted by atomic mass is 16.7. The van der Waals surface area contributed by atoms with Crippen molar-refractivity contribution >= 4 is 6.16 Å². The molecule has 0 atom stereocenters. The first kappa shape index (κ1) is 9.97. The molecular formula is C7H12O4. The van der Waals surface area contributed by atoms with E-state index in [4.69, 9.17) is 4.74 Å². The Morgan fingerprint density at radius 1 is 1.55 bits per heavy atom. The molecule has 4 heteroatoms. The zero-order chi connectivity index (χ0) is 8.53. The van der Waals surface area contributed by atoms with E-state index in [-0.39, 0.29) is 6.61 Å². The first-order valence-electron chi connectivity index (χ1n) is 3.33. The van der Waals surface area contributed by atoms with Gasteiger partial charge in [-0.2, -0.15) is 0 Å². The van der Waals surface area contributed by atoms with Crippen LogP contribution in [-0.4, -0.2) is 26.0 Å². The van der Waals surface area contributed by atoms with Crippen LogP contribution >= 0.6 is 0 Å². The summed E-state index contributed by atoms with van der Waals surface area (Å²) >= 11 is 0. The van der Waals surface area contributed by atoms with Crippen LogP contribution < -0.4 is 0 Å². The van der Waals surface area contributed by atoms with Crippen molar-refractivity contribution in [1.29, 1.82) is 0 Å². The molecule has 0 aliphatic carbocycles. The molecular weight excluding hydrogens is 148 g/mol. The van der Waals surface area contributed by atoms with Gasteiger partial charge >= 0.3 is 6.16 Å². The van der Waals surface area contributed by atoms with Crippen LogP contribution in [0.1, 0.15) is 6.92 Å². The molecule has 0 heterocycles. The summed E-state index contributed by atoms with van der Waals surface area (Å²) in [6.07, 6.45) is 0.267. The van der Waals surface area contributed by atoms with E-state index in [0.717, 1.165) is 6.26 Å². The van der Waals surface area contributed by atoms with Gasteiger partial charge in [0.05, 0.1) is 12.9 Å². The number of hydrogen-bond donors (Lipinski definition) is 0. The number of hydrogen-bond acceptors (Lipinski definition) is 4. The van der Waals surface area contributed by atoms with Gasteiger partial charge in [-0.25, -0.2) is 4.79 Å². The van der Waals surface area contributed by atoms with E-state index in [1.54, 1.807) is 0 Å². The Hall–Kier alpha value is -1.03. The quantitative estimate of drug-likeness (QED) is 0.345. The van der Waals surface area contributed by atoms with Crippen LogP contribution in [0.2, 0.25) is 0 Å². The second kappa shape index (κ2) is 7.08. The van der Waals surface area contributed by atoms with Crippen LogP contribution in [-0.2, 0) is 14.2 Å². The monoisotopic (exact) mass is 160 g/mol. The van der Waals surface area contributed by atoms with Crippen molar-refractivity contribution in [2.75, 3.05) is 19.8 Å². The summed E-state index contributed by atoms with van der Waals surface area (Å²) in [5.41, 5.74) is 0. The molecule has 0 aromatic rings. The van der Waals surface area contributed by atoms with E-state index < -0.39 is 6.16 Å². The van der Waals surface area contributed by atoms with Crippen molar-refractivity contribution in [3.63, 3.8) is 0 Å². The Balaban J connectivity index is 3.10. The van der Waals surface area contributed by atoms with Gasteiger partial charge < -0.3 is 14.2 Å². The third-order valence-corrected chi connectivity index (χ3v) is 0.831. The maximum atomic E-state index is 10.4. The molecule has 64 valence electrons. The summed E-state index contributed by atoms with van der Waals surface area (Å²) in [7, 11) is 0. The van der Waals surface area contributed by atoms with Crippen molar-refractivity contribution in [3.8, 4) is 0 Å². The third-order valence-electron chi connectivity index (χ3n) is 0.831. The molecule has 0 N–H and O–H groups in total. The lowest BCUT2D eigenvalue weighted by Crippen LogP contribution is -2.09. The SMILES string of the molecule is C=COC(=O)OCCOCC. The zero-order valence-electron chi connectivity index (χ0n) is 6.54. The van der Waals surface area contributed by atoms with Gasteiger partial charge in [-0.1, -0.05) is 6.58 Å². The molecule has 0 bridgehead atoms. The van der Waals surface area contributed by atoms with Crippen molar-refractivity contribution < 1.29 is 19.0 Å². The number of carbonyl (C=O) groups is 1. The van der Waals surface area contributed by atoms with Crippen LogP contribution in [0.3, 0.4) is 0 Å². The molecule has 0 aliphatic heterocycles. The van der Waals surface area contributed by atoms with Crippen LogP contribution in [0.25, 0.3) is 0 Å². The average Bonchev–Trinajstić information content (AvgIpc) is 1.99. The normalized spacial score (nSPS) is 8.82. The van der Waals surface area contributed by atoms with E-state index in [2.05, 4.69) is 16.1 Å². The first-order chi connectivity index (χ1) is 5.31. The van der Waals surface area contributed by atoms with Gasteiger partial charge in [0.2, 0.25) is 0 Å². The Kier molecular flexibility index (Phi) is 6.42. The maximum Gasteiger partial charge on any atom is 0.513 e. The topological polar surface area (TPSA) is 44.8 Å². The van der Waals surface area contributed by atoms with Gasteiger partial charge in [-0.05, 0) is 6.92 Å². The number of carbonyl (C=O) groups excluding carboxylic acids is 1. The molecule has 0 spiro atoms. The van der Waals surface area contributed by atoms with E-state index in [0.29, 0.717) is 13.2 Å². The molecule has 0 amide bonds. The first-order valence-corrected chi connectivity index (χ1v) is 3.33. The Bertz CT molecular complexity index is 122. The summed E-state index contributed by atoms with van der Waals surface area (Å²) in [4.78, 5) is 10.4. The summed E-state index contributed by atoms with van der Waals surface area (Å²) in [5, 5.41) is 0. The minimum absolute atomic E-state index is 0.209. The molecule has 11 heavy (non-hydrogen) atoms. The van der Waals surface area contributed by atoms with Crippen molar-refractivity contribution in [1.82, 2.24) is 0 Å². The van der Waals surface area contributed by atoms with E-state index in [9.17, 15) is 4.79 Å². The van der Waals surface area contributed by atoms with Gasteiger partial charge in [-0.3, -0.25) is 0 Å². The van der Waals surface area contributed by atoms with Crippen molar-refractivity contribution in [2.24, 2.45) is 0 Å². The molecule has 0 aromatic carbocycles. The van der Waals surface area contributed by atoms with Gasteiger partial charge in [0, 0.05) is 6.61 Å². The van der Waals surface area contributed by atoms with Gasteiger partial charge in [-0.15, -0.1) is 0 Å². The van der Waals surface area contributed by atoms with Crippen LogP contribution in [0.15, 0.2) is 12.8 Å². The molecule has 0 rings (SSSR count). The minimum Gasteiger partial charge on any atom is -0.432 e. The predicted octanol–water partition coefficient (Wildman–Crippen LogP) is 1.32. The van der Waals surface area contributed by atoms with Crippen molar-refractivity contribution in [2.45, 2.75) is 6.92 Å². The lowest BCUT2D eigenvalue weighted by molar-refractivity contribution is 0.0479. The van der Waals surface area contributed by atoms with Crippen LogP contribution in [0, 0.1) is 0 Å². The predicted molar refractivity (Wildman–Crippen MR) is 39.1 cm³/mol. The number of rotatable bonds is 5. The minimum atomic E-state index is -0.750. The third kappa shape index (κ3) is 6.86. The number of ether oxygens (including phenoxy) is 3. The highest BCUT2D eigenvalue weighted by Crippen LogP contribution is 1.85. The fraction of sp³-hybridized carbons (Fsp3) is 0.571. The maximum absolute atomic E-state index is 10.4. The Morgan fingerprint density at radius 3 is 2.82 bits per heavy atom.